The lowest BCUT2D eigenvalue weighted by atomic mass is 9.99. The zero-order valence-corrected chi connectivity index (χ0v) is 19.3. The summed E-state index contributed by atoms with van der Waals surface area (Å²) in [6, 6.07) is 2.29. The lowest BCUT2D eigenvalue weighted by Gasteiger charge is -2.22. The number of aryl methyl sites for hydroxylation is 2. The average Bonchev–Trinajstić information content (AvgIpc) is 2.80. The minimum Gasteiger partial charge on any atom is -0.477 e. The van der Waals surface area contributed by atoms with E-state index < -0.39 is 35.2 Å². The second-order valence-electron chi connectivity index (χ2n) is 8.05. The highest BCUT2D eigenvalue weighted by Gasteiger charge is 2.24. The van der Waals surface area contributed by atoms with Gasteiger partial charge in [-0.05, 0) is 44.5 Å². The first-order valence-electron chi connectivity index (χ1n) is 10.9. The maximum Gasteiger partial charge on any atom is 0.341 e. The van der Waals surface area contributed by atoms with Gasteiger partial charge in [-0.15, -0.1) is 0 Å². The maximum absolute atomic E-state index is 15.4. The van der Waals surface area contributed by atoms with Gasteiger partial charge in [0, 0.05) is 30.4 Å². The van der Waals surface area contributed by atoms with E-state index >= 15 is 4.39 Å². The normalized spacial score (nSPS) is 11.2. The van der Waals surface area contributed by atoms with Gasteiger partial charge >= 0.3 is 5.97 Å². The number of aromatic carboxylic acids is 1. The Hall–Kier alpha value is -3.50. The highest BCUT2D eigenvalue weighted by atomic mass is 19.1. The van der Waals surface area contributed by atoms with Crippen LogP contribution in [0.5, 0.6) is 0 Å². The Morgan fingerprint density at radius 1 is 1.15 bits per heavy atom. The zero-order chi connectivity index (χ0) is 25.2. The van der Waals surface area contributed by atoms with E-state index in [-0.39, 0.29) is 39.1 Å². The van der Waals surface area contributed by atoms with E-state index in [1.807, 2.05) is 6.92 Å². The summed E-state index contributed by atoms with van der Waals surface area (Å²) in [5.41, 5.74) is 5.13. The largest absolute Gasteiger partial charge is 0.477 e. The summed E-state index contributed by atoms with van der Waals surface area (Å²) in [7, 11) is 0. The maximum atomic E-state index is 15.4. The number of fused-ring (bicyclic) bond motifs is 1. The number of aliphatic hydroxyl groups is 1. The lowest BCUT2D eigenvalue weighted by Crippen LogP contribution is -2.24. The number of hydrogen-bond donors (Lipinski definition) is 5. The first-order valence-corrected chi connectivity index (χ1v) is 10.9. The van der Waals surface area contributed by atoms with Crippen LogP contribution in [0, 0.1) is 25.5 Å². The number of aliphatic hydroxyl groups excluding tert-OH is 1. The molecule has 0 fully saturated rings. The van der Waals surface area contributed by atoms with Crippen LogP contribution in [-0.2, 0) is 6.61 Å². The van der Waals surface area contributed by atoms with Gasteiger partial charge in [0.2, 0.25) is 5.43 Å². The van der Waals surface area contributed by atoms with E-state index in [4.69, 9.17) is 5.73 Å². The van der Waals surface area contributed by atoms with Crippen LogP contribution in [0.4, 0.5) is 20.2 Å². The molecular formula is C24H28F2N4O4. The monoisotopic (exact) mass is 474 g/mol. The molecule has 1 aromatic heterocycles. The molecule has 3 rings (SSSR count). The number of nitrogens with one attached hydrogen (secondary N) is 2. The minimum absolute atomic E-state index is 0.0212. The molecule has 0 aliphatic rings. The molecule has 0 unspecified atom stereocenters. The molecular weight excluding hydrogens is 446 g/mol. The van der Waals surface area contributed by atoms with Crippen molar-refractivity contribution in [3.8, 4) is 5.69 Å². The molecule has 34 heavy (non-hydrogen) atoms. The Balaban J connectivity index is 2.38. The number of nitrogens with two attached hydrogens (primary N) is 1. The van der Waals surface area contributed by atoms with Crippen molar-refractivity contribution in [3.63, 3.8) is 0 Å². The number of aromatic nitrogens is 1. The van der Waals surface area contributed by atoms with Crippen molar-refractivity contribution in [2.24, 2.45) is 0 Å². The predicted octanol–water partition coefficient (Wildman–Crippen LogP) is 3.07. The molecule has 0 aliphatic carbocycles. The third-order valence-corrected chi connectivity index (χ3v) is 5.75. The summed E-state index contributed by atoms with van der Waals surface area (Å²) >= 11 is 0. The van der Waals surface area contributed by atoms with Crippen molar-refractivity contribution in [2.45, 2.75) is 33.8 Å². The smallest absolute Gasteiger partial charge is 0.341 e. The molecule has 0 spiro atoms. The molecule has 6 N–H and O–H groups in total. The number of halogens is 2. The molecule has 3 aromatic rings. The van der Waals surface area contributed by atoms with Gasteiger partial charge < -0.3 is 31.1 Å². The first-order chi connectivity index (χ1) is 16.1. The average molecular weight is 475 g/mol. The molecule has 182 valence electrons. The second-order valence-corrected chi connectivity index (χ2v) is 8.05. The van der Waals surface area contributed by atoms with E-state index in [2.05, 4.69) is 10.6 Å². The number of hydrogen-bond acceptors (Lipinski definition) is 6. The van der Waals surface area contributed by atoms with Gasteiger partial charge in [-0.2, -0.15) is 0 Å². The number of benzene rings is 2. The topological polar surface area (TPSA) is 130 Å². The summed E-state index contributed by atoms with van der Waals surface area (Å²) in [4.78, 5) is 24.9. The van der Waals surface area contributed by atoms with Crippen LogP contribution in [0.25, 0.3) is 16.6 Å². The predicted molar refractivity (Wildman–Crippen MR) is 128 cm³/mol. The van der Waals surface area contributed by atoms with Crippen LogP contribution >= 0.6 is 0 Å². The van der Waals surface area contributed by atoms with Crippen LogP contribution in [-0.4, -0.2) is 40.4 Å². The van der Waals surface area contributed by atoms with Crippen LogP contribution < -0.4 is 21.8 Å². The van der Waals surface area contributed by atoms with Crippen LogP contribution in [0.2, 0.25) is 0 Å². The van der Waals surface area contributed by atoms with Crippen molar-refractivity contribution in [2.75, 3.05) is 30.7 Å². The third kappa shape index (κ3) is 4.46. The van der Waals surface area contributed by atoms with Crippen LogP contribution in [0.3, 0.4) is 0 Å². The molecule has 0 radical (unpaired) electrons. The number of carboxylic acids is 1. The zero-order valence-electron chi connectivity index (χ0n) is 19.3. The van der Waals surface area contributed by atoms with Crippen molar-refractivity contribution in [1.82, 2.24) is 9.88 Å². The van der Waals surface area contributed by atoms with Crippen LogP contribution in [0.1, 0.15) is 40.4 Å². The third-order valence-electron chi connectivity index (χ3n) is 5.75. The standard InChI is InChI=1S/C24H28F2N4O4/c1-4-5-28-6-7-29-21-13(3)22-19(12(2)20(21)26)23(32)15(24(33)34)10-30(22)18-9-17(27)16(25)8-14(18)11-31/h8-10,28-29,31H,4-7,11,27H2,1-3H3,(H,33,34). The van der Waals surface area contributed by atoms with Gasteiger partial charge in [0.15, 0.2) is 0 Å². The minimum atomic E-state index is -1.50. The van der Waals surface area contributed by atoms with Gasteiger partial charge in [-0.3, -0.25) is 4.79 Å². The second kappa shape index (κ2) is 10.2. The molecule has 0 saturated heterocycles. The molecule has 10 heteroatoms. The van der Waals surface area contributed by atoms with Gasteiger partial charge in [0.1, 0.15) is 17.2 Å². The number of nitrogens with zero attached hydrogens (tertiary/aromatic N) is 1. The SMILES string of the molecule is CCCNCCNc1c(F)c(C)c2c(=O)c(C(=O)O)cn(-c3cc(N)c(F)cc3CO)c2c1C. The fraction of sp³-hybridized carbons (Fsp3) is 0.333. The van der Waals surface area contributed by atoms with Crippen molar-refractivity contribution >= 4 is 28.2 Å². The Bertz CT molecular complexity index is 1320. The summed E-state index contributed by atoms with van der Waals surface area (Å²) in [5, 5.41) is 25.6. The summed E-state index contributed by atoms with van der Waals surface area (Å²) in [6.07, 6.45) is 2.05. The number of rotatable bonds is 9. The highest BCUT2D eigenvalue weighted by molar-refractivity contribution is 5.97. The number of nitrogen functional groups attached to an aromatic ring is 1. The molecule has 0 amide bonds. The Morgan fingerprint density at radius 2 is 1.85 bits per heavy atom. The number of anilines is 2. The highest BCUT2D eigenvalue weighted by Crippen LogP contribution is 2.34. The number of pyridine rings is 1. The van der Waals surface area contributed by atoms with E-state index in [9.17, 15) is 24.2 Å². The fourth-order valence-electron chi connectivity index (χ4n) is 4.01. The Morgan fingerprint density at radius 3 is 2.47 bits per heavy atom. The van der Waals surface area contributed by atoms with Crippen molar-refractivity contribution < 1.29 is 23.8 Å². The van der Waals surface area contributed by atoms with Gasteiger partial charge in [0.05, 0.1) is 34.6 Å². The Labute approximate surface area is 195 Å². The molecule has 0 aliphatic heterocycles. The molecule has 8 nitrogen and oxygen atoms in total. The van der Waals surface area contributed by atoms with Crippen molar-refractivity contribution in [1.29, 1.82) is 0 Å². The van der Waals surface area contributed by atoms with E-state index in [1.165, 1.54) is 17.6 Å². The number of carbonyl (C=O) groups is 1. The molecule has 0 atom stereocenters. The first kappa shape index (κ1) is 25.1. The summed E-state index contributed by atoms with van der Waals surface area (Å²) < 4.78 is 30.8. The van der Waals surface area contributed by atoms with Gasteiger partial charge in [-0.1, -0.05) is 6.92 Å². The van der Waals surface area contributed by atoms with E-state index in [0.717, 1.165) is 25.2 Å². The van der Waals surface area contributed by atoms with Crippen molar-refractivity contribution in [3.05, 3.63) is 62.4 Å². The van der Waals surface area contributed by atoms with Gasteiger partial charge in [-0.25, -0.2) is 13.6 Å². The summed E-state index contributed by atoms with van der Waals surface area (Å²) in [6.45, 7) is 6.27. The van der Waals surface area contributed by atoms with Gasteiger partial charge in [0.25, 0.3) is 0 Å². The van der Waals surface area contributed by atoms with Crippen LogP contribution in [0.15, 0.2) is 23.1 Å². The number of carboxylic acid groups (broad SMARTS) is 1. The lowest BCUT2D eigenvalue weighted by molar-refractivity contribution is 0.0695. The molecule has 2 aromatic carbocycles. The molecule has 1 heterocycles. The molecule has 0 bridgehead atoms. The Kier molecular flexibility index (Phi) is 7.53. The fourth-order valence-corrected chi connectivity index (χ4v) is 4.01. The van der Waals surface area contributed by atoms with E-state index in [0.29, 0.717) is 18.7 Å². The summed E-state index contributed by atoms with van der Waals surface area (Å²) in [5.74, 6) is -2.91. The molecule has 0 saturated carbocycles. The quantitative estimate of drug-likeness (QED) is 0.238. The van der Waals surface area contributed by atoms with E-state index in [1.54, 1.807) is 6.92 Å².